The molecule has 0 amide bonds. The number of fused-ring (bicyclic) bond motifs is 1. The molecule has 0 aliphatic rings. The molecule has 0 saturated heterocycles. The first-order chi connectivity index (χ1) is 11.5. The zero-order valence-corrected chi connectivity index (χ0v) is 13.2. The van der Waals surface area contributed by atoms with E-state index in [0.717, 1.165) is 5.56 Å². The molecule has 0 aliphatic carbocycles. The molecule has 0 atom stereocenters. The summed E-state index contributed by atoms with van der Waals surface area (Å²) in [5.74, 6) is -0.919. The molecular formula is C17H15N3O4. The summed E-state index contributed by atoms with van der Waals surface area (Å²) in [6.07, 6.45) is 1.39. The molecule has 1 N–H and O–H groups in total. The summed E-state index contributed by atoms with van der Waals surface area (Å²) in [7, 11) is 1.48. The Labute approximate surface area is 137 Å². The van der Waals surface area contributed by atoms with Crippen LogP contribution in [-0.4, -0.2) is 32.2 Å². The van der Waals surface area contributed by atoms with Crippen LogP contribution in [-0.2, 0) is 11.8 Å². The topological polar surface area (TPSA) is 94.3 Å². The van der Waals surface area contributed by atoms with Crippen molar-refractivity contribution in [2.24, 2.45) is 7.05 Å². The van der Waals surface area contributed by atoms with Crippen LogP contribution in [0.3, 0.4) is 0 Å². The van der Waals surface area contributed by atoms with Crippen molar-refractivity contribution in [3.63, 3.8) is 0 Å². The molecule has 24 heavy (non-hydrogen) atoms. The minimum atomic E-state index is -0.871. The van der Waals surface area contributed by atoms with Crippen LogP contribution in [0.2, 0.25) is 0 Å². The van der Waals surface area contributed by atoms with Gasteiger partial charge < -0.3 is 9.84 Å². The zero-order chi connectivity index (χ0) is 17.3. The number of esters is 1. The number of aryl methyl sites for hydroxylation is 1. The lowest BCUT2D eigenvalue weighted by atomic mass is 10.1. The van der Waals surface area contributed by atoms with Crippen molar-refractivity contribution in [3.8, 4) is 17.1 Å². The molecule has 2 heterocycles. The summed E-state index contributed by atoms with van der Waals surface area (Å²) in [6.45, 7) is 1.72. The SMILES string of the molecule is CCOC(=O)c1c(O)c2cnc(-c3ccccc3)nc2n(C)c1=O. The van der Waals surface area contributed by atoms with E-state index in [2.05, 4.69) is 9.97 Å². The number of nitrogens with zero attached hydrogens (tertiary/aromatic N) is 3. The van der Waals surface area contributed by atoms with Gasteiger partial charge in [-0.1, -0.05) is 30.3 Å². The van der Waals surface area contributed by atoms with Gasteiger partial charge in [0.25, 0.3) is 5.56 Å². The number of hydrogen-bond acceptors (Lipinski definition) is 6. The lowest BCUT2D eigenvalue weighted by molar-refractivity contribution is 0.0520. The van der Waals surface area contributed by atoms with Gasteiger partial charge in [-0.3, -0.25) is 9.36 Å². The monoisotopic (exact) mass is 325 g/mol. The largest absolute Gasteiger partial charge is 0.506 e. The maximum Gasteiger partial charge on any atom is 0.347 e. The molecule has 122 valence electrons. The average molecular weight is 325 g/mol. The summed E-state index contributed by atoms with van der Waals surface area (Å²) < 4.78 is 6.04. The van der Waals surface area contributed by atoms with Crippen molar-refractivity contribution in [3.05, 3.63) is 52.4 Å². The lowest BCUT2D eigenvalue weighted by Crippen LogP contribution is -2.26. The fraction of sp³-hybridized carbons (Fsp3) is 0.176. The normalized spacial score (nSPS) is 10.8. The number of benzene rings is 1. The molecule has 0 spiro atoms. The van der Waals surface area contributed by atoms with Crippen molar-refractivity contribution in [2.45, 2.75) is 6.92 Å². The summed E-state index contributed by atoms with van der Waals surface area (Å²) in [6, 6.07) is 9.25. The zero-order valence-electron chi connectivity index (χ0n) is 13.2. The van der Waals surface area contributed by atoms with Crippen LogP contribution in [0.1, 0.15) is 17.3 Å². The molecular weight excluding hydrogens is 310 g/mol. The van der Waals surface area contributed by atoms with Crippen LogP contribution in [0.25, 0.3) is 22.4 Å². The Morgan fingerprint density at radius 2 is 2.00 bits per heavy atom. The highest BCUT2D eigenvalue weighted by Gasteiger charge is 2.23. The molecule has 0 fully saturated rings. The van der Waals surface area contributed by atoms with Crippen molar-refractivity contribution in [1.82, 2.24) is 14.5 Å². The smallest absolute Gasteiger partial charge is 0.347 e. The minimum absolute atomic E-state index is 0.100. The van der Waals surface area contributed by atoms with E-state index in [9.17, 15) is 14.7 Å². The Morgan fingerprint density at radius 1 is 1.29 bits per heavy atom. The second-order valence-electron chi connectivity index (χ2n) is 5.11. The van der Waals surface area contributed by atoms with Gasteiger partial charge in [0.15, 0.2) is 11.4 Å². The maximum atomic E-state index is 12.4. The third-order valence-electron chi connectivity index (χ3n) is 3.61. The van der Waals surface area contributed by atoms with Crippen LogP contribution < -0.4 is 5.56 Å². The van der Waals surface area contributed by atoms with Crippen LogP contribution in [0.15, 0.2) is 41.3 Å². The average Bonchev–Trinajstić information content (AvgIpc) is 2.60. The Hall–Kier alpha value is -3.22. The standard InChI is InChI=1S/C17H15N3O4/c1-3-24-17(23)12-13(21)11-9-18-14(10-7-5-4-6-8-10)19-15(11)20(2)16(12)22/h4-9,21H,3H2,1-2H3. The van der Waals surface area contributed by atoms with Crippen LogP contribution in [0.5, 0.6) is 5.75 Å². The van der Waals surface area contributed by atoms with Gasteiger partial charge in [-0.25, -0.2) is 14.8 Å². The third-order valence-corrected chi connectivity index (χ3v) is 3.61. The lowest BCUT2D eigenvalue weighted by Gasteiger charge is -2.11. The van der Waals surface area contributed by atoms with Crippen LogP contribution in [0.4, 0.5) is 0 Å². The quantitative estimate of drug-likeness (QED) is 0.739. The Morgan fingerprint density at radius 3 is 2.67 bits per heavy atom. The first-order valence-corrected chi connectivity index (χ1v) is 7.35. The van der Waals surface area contributed by atoms with Gasteiger partial charge in [-0.15, -0.1) is 0 Å². The Balaban J connectivity index is 2.26. The number of aromatic hydroxyl groups is 1. The maximum absolute atomic E-state index is 12.4. The van der Waals surface area contributed by atoms with E-state index in [0.29, 0.717) is 5.82 Å². The van der Waals surface area contributed by atoms with Gasteiger partial charge in [0, 0.05) is 18.8 Å². The molecule has 2 aromatic heterocycles. The summed E-state index contributed by atoms with van der Waals surface area (Å²) in [4.78, 5) is 32.9. The van der Waals surface area contributed by atoms with E-state index in [-0.39, 0.29) is 17.6 Å². The first kappa shape index (κ1) is 15.7. The fourth-order valence-electron chi connectivity index (χ4n) is 2.41. The number of carbonyl (C=O) groups excluding carboxylic acids is 1. The summed E-state index contributed by atoms with van der Waals surface area (Å²) in [5, 5.41) is 10.5. The molecule has 0 radical (unpaired) electrons. The molecule has 7 nitrogen and oxygen atoms in total. The second kappa shape index (κ2) is 6.11. The van der Waals surface area contributed by atoms with E-state index in [1.54, 1.807) is 6.92 Å². The molecule has 0 saturated carbocycles. The number of ether oxygens (including phenoxy) is 1. The summed E-state index contributed by atoms with van der Waals surface area (Å²) in [5.41, 5.74) is -0.0701. The second-order valence-corrected chi connectivity index (χ2v) is 5.11. The van der Waals surface area contributed by atoms with Crippen molar-refractivity contribution in [1.29, 1.82) is 0 Å². The number of pyridine rings is 1. The predicted molar refractivity (Wildman–Crippen MR) is 87.8 cm³/mol. The molecule has 3 rings (SSSR count). The van der Waals surface area contributed by atoms with E-state index in [1.807, 2.05) is 30.3 Å². The van der Waals surface area contributed by atoms with Gasteiger partial charge in [-0.2, -0.15) is 0 Å². The fourth-order valence-corrected chi connectivity index (χ4v) is 2.41. The highest BCUT2D eigenvalue weighted by Crippen LogP contribution is 2.26. The molecule has 7 heteroatoms. The molecule has 1 aromatic carbocycles. The predicted octanol–water partition coefficient (Wildman–Crippen LogP) is 1.88. The number of aromatic nitrogens is 3. The van der Waals surface area contributed by atoms with E-state index >= 15 is 0 Å². The molecule has 0 unspecified atom stereocenters. The van der Waals surface area contributed by atoms with E-state index in [4.69, 9.17) is 4.74 Å². The van der Waals surface area contributed by atoms with Gasteiger partial charge in [0.2, 0.25) is 0 Å². The Bertz CT molecular complexity index is 981. The van der Waals surface area contributed by atoms with Crippen molar-refractivity contribution >= 4 is 17.0 Å². The van der Waals surface area contributed by atoms with Gasteiger partial charge in [-0.05, 0) is 6.92 Å². The molecule has 3 aromatic rings. The summed E-state index contributed by atoms with van der Waals surface area (Å²) >= 11 is 0. The minimum Gasteiger partial charge on any atom is -0.506 e. The number of hydrogen-bond donors (Lipinski definition) is 1. The van der Waals surface area contributed by atoms with E-state index in [1.165, 1.54) is 17.8 Å². The van der Waals surface area contributed by atoms with Crippen molar-refractivity contribution < 1.29 is 14.6 Å². The van der Waals surface area contributed by atoms with Gasteiger partial charge in [0.1, 0.15) is 11.4 Å². The number of carbonyl (C=O) groups is 1. The van der Waals surface area contributed by atoms with Crippen LogP contribution in [0, 0.1) is 0 Å². The van der Waals surface area contributed by atoms with E-state index < -0.39 is 22.8 Å². The third kappa shape index (κ3) is 2.50. The van der Waals surface area contributed by atoms with Crippen LogP contribution >= 0.6 is 0 Å². The highest BCUT2D eigenvalue weighted by atomic mass is 16.5. The highest BCUT2D eigenvalue weighted by molar-refractivity contribution is 5.98. The van der Waals surface area contributed by atoms with Crippen molar-refractivity contribution in [2.75, 3.05) is 6.61 Å². The first-order valence-electron chi connectivity index (χ1n) is 7.35. The van der Waals surface area contributed by atoms with Gasteiger partial charge >= 0.3 is 5.97 Å². The number of rotatable bonds is 3. The van der Waals surface area contributed by atoms with Gasteiger partial charge in [0.05, 0.1) is 12.0 Å². The molecule has 0 aliphatic heterocycles. The Kier molecular flexibility index (Phi) is 3.99. The molecule has 0 bridgehead atoms.